The molecular weight excluding hydrogens is 564 g/mol. The van der Waals surface area contributed by atoms with Crippen LogP contribution in [0.15, 0.2) is 47.6 Å². The van der Waals surface area contributed by atoms with Crippen LogP contribution in [-0.4, -0.2) is 63.5 Å². The number of nitrogens with one attached hydrogen (secondary N) is 1. The number of carbonyl (C=O) groups is 1. The molecule has 3 aromatic rings. The molecule has 2 fully saturated rings. The zero-order valence-electron chi connectivity index (χ0n) is 23.1. The van der Waals surface area contributed by atoms with Crippen LogP contribution in [0.4, 0.5) is 8.78 Å². The molecule has 3 aliphatic rings. The zero-order valence-corrected chi connectivity index (χ0v) is 23.1. The van der Waals surface area contributed by atoms with Crippen LogP contribution in [0.5, 0.6) is 34.6 Å². The summed E-state index contributed by atoms with van der Waals surface area (Å²) in [5, 5.41) is 27.4. The molecule has 2 heterocycles. The molecule has 0 spiro atoms. The minimum atomic E-state index is -1.26. The first-order valence-electron chi connectivity index (χ1n) is 13.7. The van der Waals surface area contributed by atoms with Gasteiger partial charge in [-0.1, -0.05) is 0 Å². The van der Waals surface area contributed by atoms with E-state index in [-0.39, 0.29) is 34.6 Å². The van der Waals surface area contributed by atoms with Crippen LogP contribution in [0, 0.1) is 28.9 Å². The summed E-state index contributed by atoms with van der Waals surface area (Å²) < 4.78 is 48.2. The second-order valence-electron chi connectivity index (χ2n) is 11.1. The number of hydrogen-bond donors (Lipinski definition) is 4. The van der Waals surface area contributed by atoms with Gasteiger partial charge < -0.3 is 35.1 Å². The van der Waals surface area contributed by atoms with Crippen LogP contribution in [0.2, 0.25) is 0 Å². The van der Waals surface area contributed by atoms with Crippen LogP contribution in [-0.2, 0) is 4.79 Å². The maximum absolute atomic E-state index is 15.6. The van der Waals surface area contributed by atoms with Crippen LogP contribution < -0.4 is 19.9 Å². The lowest BCUT2D eigenvalue weighted by Gasteiger charge is -2.30. The molecule has 2 bridgehead atoms. The number of phenols is 1. The number of benzene rings is 2. The summed E-state index contributed by atoms with van der Waals surface area (Å²) in [4.78, 5) is 21.8. The molecule has 6 rings (SSSR count). The largest absolute Gasteiger partial charge is 0.504 e. The highest BCUT2D eigenvalue weighted by molar-refractivity contribution is 6.02. The molecule has 11 nitrogen and oxygen atoms in total. The van der Waals surface area contributed by atoms with Gasteiger partial charge in [0.05, 0.1) is 24.2 Å². The first-order chi connectivity index (χ1) is 20.5. The molecule has 1 aliphatic heterocycles. The van der Waals surface area contributed by atoms with E-state index in [0.29, 0.717) is 43.1 Å². The van der Waals surface area contributed by atoms with E-state index in [1.807, 2.05) is 11.9 Å². The minimum absolute atomic E-state index is 0.0748. The number of nitrogens with zero attached hydrogens (tertiary/aromatic N) is 3. The van der Waals surface area contributed by atoms with E-state index in [1.165, 1.54) is 24.3 Å². The van der Waals surface area contributed by atoms with E-state index in [4.69, 9.17) is 25.4 Å². The van der Waals surface area contributed by atoms with Crippen molar-refractivity contribution in [3.63, 3.8) is 0 Å². The Morgan fingerprint density at radius 3 is 2.67 bits per heavy atom. The Balaban J connectivity index is 1.32. The zero-order chi connectivity index (χ0) is 30.5. The predicted molar refractivity (Wildman–Crippen MR) is 150 cm³/mol. The van der Waals surface area contributed by atoms with Crippen molar-refractivity contribution in [2.45, 2.75) is 31.3 Å². The third-order valence-corrected chi connectivity index (χ3v) is 8.26. The standard InChI is InChI=1S/C30H29F2N5O6/c1-37-9-8-35-27(37)18-11-17(43-30-7-6-16(12-30)19(13-30)29(39)40)3-5-22(18)41-25-20(31)14-36-28(24(25)32)42-23-10-15(26(33)34)2-4-21(23)38/h2-5,10-11,14,16,19,38H,6-9,12-13H2,1H3,(H3,33,34)(H,39,40). The number of nitrogen functional groups attached to an aromatic ring is 1. The number of pyridine rings is 1. The summed E-state index contributed by atoms with van der Waals surface area (Å²) in [5.74, 6) is -4.82. The van der Waals surface area contributed by atoms with Gasteiger partial charge in [-0.05, 0) is 61.6 Å². The molecule has 2 aromatic carbocycles. The number of phenolic OH excluding ortho intramolecular Hbond substituents is 1. The highest BCUT2D eigenvalue weighted by atomic mass is 19.1. The van der Waals surface area contributed by atoms with E-state index < -0.39 is 40.8 Å². The van der Waals surface area contributed by atoms with Crippen LogP contribution in [0.1, 0.15) is 36.8 Å². The molecule has 0 amide bonds. The van der Waals surface area contributed by atoms with Crippen molar-refractivity contribution in [2.75, 3.05) is 20.1 Å². The molecule has 224 valence electrons. The van der Waals surface area contributed by atoms with Crippen molar-refractivity contribution in [3.8, 4) is 34.6 Å². The molecule has 2 aliphatic carbocycles. The lowest BCUT2D eigenvalue weighted by atomic mass is 9.87. The molecule has 2 saturated carbocycles. The Morgan fingerprint density at radius 1 is 1.16 bits per heavy atom. The second-order valence-corrected chi connectivity index (χ2v) is 11.1. The van der Waals surface area contributed by atoms with E-state index in [1.54, 1.807) is 12.1 Å². The number of rotatable bonds is 9. The van der Waals surface area contributed by atoms with Crippen molar-refractivity contribution >= 4 is 17.6 Å². The summed E-state index contributed by atoms with van der Waals surface area (Å²) in [7, 11) is 1.83. The number of fused-ring (bicyclic) bond motifs is 2. The van der Waals surface area contributed by atoms with Gasteiger partial charge in [-0.2, -0.15) is 4.39 Å². The van der Waals surface area contributed by atoms with Crippen LogP contribution >= 0.6 is 0 Å². The van der Waals surface area contributed by atoms with E-state index in [9.17, 15) is 19.4 Å². The quantitative estimate of drug-likeness (QED) is 0.204. The second kappa shape index (κ2) is 10.7. The fourth-order valence-electron chi connectivity index (χ4n) is 6.13. The van der Waals surface area contributed by atoms with E-state index in [0.717, 1.165) is 19.0 Å². The highest BCUT2D eigenvalue weighted by Crippen LogP contribution is 2.53. The molecule has 1 aromatic heterocycles. The number of halogens is 2. The smallest absolute Gasteiger partial charge is 0.306 e. The van der Waals surface area contributed by atoms with Crippen molar-refractivity contribution in [1.29, 1.82) is 5.41 Å². The van der Waals surface area contributed by atoms with Gasteiger partial charge in [-0.25, -0.2) is 9.37 Å². The number of carboxylic acids is 1. The van der Waals surface area contributed by atoms with E-state index >= 15 is 4.39 Å². The fraction of sp³-hybridized carbons (Fsp3) is 0.333. The monoisotopic (exact) mass is 593 g/mol. The summed E-state index contributed by atoms with van der Waals surface area (Å²) in [6.45, 7) is 1.14. The molecule has 3 unspecified atom stereocenters. The SMILES string of the molecule is CN1CCN=C1c1cc(OC23CCC(C2)C(C(=O)O)C3)ccc1Oc1c(F)cnc(Oc2cc(C(=N)N)ccc2O)c1F. The van der Waals surface area contributed by atoms with Crippen LogP contribution in [0.3, 0.4) is 0 Å². The fourth-order valence-corrected chi connectivity index (χ4v) is 6.13. The molecule has 3 atom stereocenters. The summed E-state index contributed by atoms with van der Waals surface area (Å²) in [6.07, 6.45) is 3.33. The third kappa shape index (κ3) is 5.26. The Hall–Kier alpha value is -4.94. The predicted octanol–water partition coefficient (Wildman–Crippen LogP) is 4.65. The molecule has 43 heavy (non-hydrogen) atoms. The normalized spacial score (nSPS) is 22.4. The number of hydrogen-bond acceptors (Lipinski definition) is 9. The number of aromatic nitrogens is 1. The van der Waals surface area contributed by atoms with Gasteiger partial charge in [0.1, 0.15) is 28.8 Å². The molecule has 5 N–H and O–H groups in total. The Kier molecular flexibility index (Phi) is 7.03. The maximum atomic E-state index is 15.6. The Bertz CT molecular complexity index is 1670. The summed E-state index contributed by atoms with van der Waals surface area (Å²) in [5.41, 5.74) is 5.55. The van der Waals surface area contributed by atoms with Gasteiger partial charge in [-0.3, -0.25) is 15.2 Å². The maximum Gasteiger partial charge on any atom is 0.306 e. The molecule has 13 heteroatoms. The van der Waals surface area contributed by atoms with E-state index in [2.05, 4.69) is 9.98 Å². The Morgan fingerprint density at radius 2 is 1.98 bits per heavy atom. The summed E-state index contributed by atoms with van der Waals surface area (Å²) >= 11 is 0. The van der Waals surface area contributed by atoms with Crippen molar-refractivity contribution < 1.29 is 38.0 Å². The number of aliphatic imine (C=N–C) groups is 1. The van der Waals surface area contributed by atoms with Crippen molar-refractivity contribution in [1.82, 2.24) is 9.88 Å². The average molecular weight is 594 g/mol. The van der Waals surface area contributed by atoms with Gasteiger partial charge in [0, 0.05) is 25.6 Å². The number of amidine groups is 2. The van der Waals surface area contributed by atoms with Crippen molar-refractivity contribution in [2.24, 2.45) is 22.6 Å². The first kappa shape index (κ1) is 28.2. The van der Waals surface area contributed by atoms with Gasteiger partial charge >= 0.3 is 5.97 Å². The van der Waals surface area contributed by atoms with Gasteiger partial charge in [0.15, 0.2) is 17.3 Å². The van der Waals surface area contributed by atoms with Crippen LogP contribution in [0.25, 0.3) is 0 Å². The third-order valence-electron chi connectivity index (χ3n) is 8.26. The van der Waals surface area contributed by atoms with Crippen molar-refractivity contribution in [3.05, 3.63) is 65.4 Å². The number of aromatic hydroxyl groups is 1. The highest BCUT2D eigenvalue weighted by Gasteiger charge is 2.55. The van der Waals surface area contributed by atoms with Gasteiger partial charge in [-0.15, -0.1) is 0 Å². The number of likely N-dealkylation sites (N-methyl/N-ethyl adjacent to an activating group) is 1. The Labute approximate surface area is 245 Å². The average Bonchev–Trinajstić information content (AvgIpc) is 3.68. The molecule has 0 radical (unpaired) electrons. The lowest BCUT2D eigenvalue weighted by Crippen LogP contribution is -2.34. The van der Waals surface area contributed by atoms with Gasteiger partial charge in [0.25, 0.3) is 5.88 Å². The number of carboxylic acid groups (broad SMARTS) is 1. The number of ether oxygens (including phenoxy) is 3. The minimum Gasteiger partial charge on any atom is -0.504 e. The topological polar surface area (TPSA) is 164 Å². The lowest BCUT2D eigenvalue weighted by molar-refractivity contribution is -0.144. The molecular formula is C30H29F2N5O6. The number of aliphatic carboxylic acids is 1. The van der Waals surface area contributed by atoms with Gasteiger partial charge in [0.2, 0.25) is 11.6 Å². The number of nitrogens with two attached hydrogens (primary N) is 1. The summed E-state index contributed by atoms with van der Waals surface area (Å²) in [6, 6.07) is 8.65. The first-order valence-corrected chi connectivity index (χ1v) is 13.7. The molecule has 0 saturated heterocycles.